The summed E-state index contributed by atoms with van der Waals surface area (Å²) in [6, 6.07) is 0.459. The molecule has 0 saturated carbocycles. The molecule has 2 fully saturated rings. The first-order valence-corrected chi connectivity index (χ1v) is 10.8. The van der Waals surface area contributed by atoms with E-state index < -0.39 is 5.97 Å². The Kier molecular flexibility index (Phi) is 10.4. The molecule has 0 aromatic rings. The maximum absolute atomic E-state index is 12.3. The Morgan fingerprint density at radius 1 is 0.931 bits per heavy atom. The Hall–Kier alpha value is -1.71. The molecule has 0 radical (unpaired) electrons. The molecule has 0 aromatic heterocycles. The summed E-state index contributed by atoms with van der Waals surface area (Å²) < 4.78 is 0. The Bertz CT molecular complexity index is 537. The number of likely N-dealkylation sites (tertiary alicyclic amines) is 1. The molecule has 1 unspecified atom stereocenters. The predicted molar refractivity (Wildman–Crippen MR) is 111 cm³/mol. The molecule has 0 bridgehead atoms. The normalized spacial score (nSPS) is 21.2. The number of piperazine rings is 1. The Morgan fingerprint density at radius 2 is 1.59 bits per heavy atom. The van der Waals surface area contributed by atoms with Gasteiger partial charge in [-0.2, -0.15) is 0 Å². The number of rotatable bonds is 12. The number of carboxylic acid groups (broad SMARTS) is 1. The molecule has 0 aromatic carbocycles. The van der Waals surface area contributed by atoms with Gasteiger partial charge in [0, 0.05) is 64.7 Å². The van der Waals surface area contributed by atoms with E-state index in [1.807, 2.05) is 0 Å². The van der Waals surface area contributed by atoms with E-state index in [4.69, 9.17) is 5.11 Å². The molecule has 166 valence electrons. The van der Waals surface area contributed by atoms with E-state index in [-0.39, 0.29) is 18.2 Å². The van der Waals surface area contributed by atoms with Crippen molar-refractivity contribution in [2.24, 2.45) is 0 Å². The van der Waals surface area contributed by atoms with Gasteiger partial charge in [-0.25, -0.2) is 0 Å². The van der Waals surface area contributed by atoms with Gasteiger partial charge in [0.25, 0.3) is 0 Å². The molecule has 29 heavy (non-hydrogen) atoms. The van der Waals surface area contributed by atoms with Gasteiger partial charge in [-0.15, -0.1) is 0 Å². The first kappa shape index (κ1) is 23.6. The highest BCUT2D eigenvalue weighted by Crippen LogP contribution is 2.18. The van der Waals surface area contributed by atoms with Crippen molar-refractivity contribution in [2.75, 3.05) is 66.0 Å². The number of nitrogens with zero attached hydrogens (tertiary/aromatic N) is 3. The fourth-order valence-electron chi connectivity index (χ4n) is 3.91. The molecule has 2 aliphatic heterocycles. The number of aliphatic carboxylic acids is 1. The third kappa shape index (κ3) is 9.56. The highest BCUT2D eigenvalue weighted by molar-refractivity contribution is 5.78. The van der Waals surface area contributed by atoms with Crippen molar-refractivity contribution in [3.8, 4) is 0 Å². The molecule has 2 heterocycles. The number of nitrogens with one attached hydrogen (secondary N) is 2. The summed E-state index contributed by atoms with van der Waals surface area (Å²) in [5, 5.41) is 14.2. The fraction of sp³-hybridized carbons (Fsp3) is 0.850. The van der Waals surface area contributed by atoms with Crippen LogP contribution in [0, 0.1) is 0 Å². The number of carboxylic acids is 1. The number of amides is 2. The van der Waals surface area contributed by atoms with Crippen molar-refractivity contribution < 1.29 is 19.5 Å². The Morgan fingerprint density at radius 3 is 2.28 bits per heavy atom. The molecule has 2 rings (SSSR count). The number of likely N-dealkylation sites (N-methyl/N-ethyl adjacent to an activating group) is 1. The molecule has 2 aliphatic rings. The number of hydrogen-bond donors (Lipinski definition) is 3. The highest BCUT2D eigenvalue weighted by Gasteiger charge is 2.28. The summed E-state index contributed by atoms with van der Waals surface area (Å²) in [6.45, 7) is 7.74. The van der Waals surface area contributed by atoms with E-state index >= 15 is 0 Å². The topological polar surface area (TPSA) is 105 Å². The minimum Gasteiger partial charge on any atom is -0.481 e. The molecule has 0 spiro atoms. The van der Waals surface area contributed by atoms with Crippen LogP contribution in [0.25, 0.3) is 0 Å². The van der Waals surface area contributed by atoms with Crippen molar-refractivity contribution in [1.29, 1.82) is 0 Å². The van der Waals surface area contributed by atoms with Crippen LogP contribution >= 0.6 is 0 Å². The van der Waals surface area contributed by atoms with Crippen LogP contribution in [0.3, 0.4) is 0 Å². The largest absolute Gasteiger partial charge is 0.481 e. The second-order valence-electron chi connectivity index (χ2n) is 8.17. The molecule has 2 saturated heterocycles. The smallest absolute Gasteiger partial charge is 0.303 e. The fourth-order valence-corrected chi connectivity index (χ4v) is 3.91. The van der Waals surface area contributed by atoms with Crippen LogP contribution in [0.2, 0.25) is 0 Å². The van der Waals surface area contributed by atoms with E-state index in [0.717, 1.165) is 52.1 Å². The Balaban J connectivity index is 1.55. The lowest BCUT2D eigenvalue weighted by Crippen LogP contribution is -2.50. The predicted octanol–water partition coefficient (Wildman–Crippen LogP) is -0.424. The van der Waals surface area contributed by atoms with Gasteiger partial charge in [0.15, 0.2) is 0 Å². The average molecular weight is 425 g/mol. The number of carbonyl (C=O) groups excluding carboxylic acids is 2. The van der Waals surface area contributed by atoms with Crippen molar-refractivity contribution in [3.05, 3.63) is 0 Å². The molecule has 9 nitrogen and oxygen atoms in total. The Labute approximate surface area is 173 Å². The van der Waals surface area contributed by atoms with Gasteiger partial charge in [-0.1, -0.05) is 0 Å². The summed E-state index contributed by atoms with van der Waals surface area (Å²) in [5.41, 5.74) is 0. The minimum atomic E-state index is -0.856. The summed E-state index contributed by atoms with van der Waals surface area (Å²) in [4.78, 5) is 41.5. The standard InChI is InChI=1S/C20H37N5O4/c1-23-11-13-24(14-12-23)15-17-5-4-10-25(17)16-19(27)22-8-2-6-18(26)21-9-3-7-20(28)29/h17H,2-16H2,1H3,(H,21,26)(H,22,27)(H,28,29)/i2+1,6+1,7+1,8+1,11+1,12+1,13+1,14+1,18+1,19+1,20+1,22+1,23+1,25+1. The first-order chi connectivity index (χ1) is 13.9. The second kappa shape index (κ2) is 12.8. The van der Waals surface area contributed by atoms with Crippen molar-refractivity contribution in [3.63, 3.8) is 0 Å². The molecule has 9 heteroatoms. The quantitative estimate of drug-likeness (QED) is 0.222. The van der Waals surface area contributed by atoms with Crippen LogP contribution in [0.5, 0.6) is 0 Å². The van der Waals surface area contributed by atoms with Crippen LogP contribution in [0.15, 0.2) is 0 Å². The summed E-state index contributed by atoms with van der Waals surface area (Å²) >= 11 is 0. The zero-order valence-corrected chi connectivity index (χ0v) is 17.7. The van der Waals surface area contributed by atoms with Crippen LogP contribution in [0.4, 0.5) is 0 Å². The zero-order valence-electron chi connectivity index (χ0n) is 17.7. The van der Waals surface area contributed by atoms with Gasteiger partial charge >= 0.3 is 5.97 Å². The number of hydrogen-bond acceptors (Lipinski definition) is 6. The molecular formula is C20H37N5O4. The van der Waals surface area contributed by atoms with Crippen molar-refractivity contribution in [1.82, 2.24) is 25.3 Å². The average Bonchev–Trinajstić information content (AvgIpc) is 3.10. The van der Waals surface area contributed by atoms with E-state index in [1.165, 1.54) is 0 Å². The molecule has 2 amide bonds. The monoisotopic (exact) mass is 425 g/mol. The van der Waals surface area contributed by atoms with Crippen molar-refractivity contribution >= 4 is 17.8 Å². The van der Waals surface area contributed by atoms with E-state index in [1.54, 1.807) is 0 Å². The van der Waals surface area contributed by atoms with Crippen LogP contribution in [-0.2, 0) is 14.4 Å². The molecular weight excluding hydrogens is 388 g/mol. The lowest BCUT2D eigenvalue weighted by molar-refractivity contribution is -0.137. The SMILES string of the molecule is C[15N]1[13CH2][13CH2]N(CC2CCC[15N]2C[13C](=O)[15NH][13CH2][13CH2][13CH2][13C](=O)NCC[13CH2][13C](=O)O)[13CH2][13CH2]1. The maximum Gasteiger partial charge on any atom is 0.303 e. The van der Waals surface area contributed by atoms with Crippen LogP contribution < -0.4 is 10.6 Å². The van der Waals surface area contributed by atoms with Crippen LogP contribution in [-0.4, -0.2) is 110 Å². The summed E-state index contributed by atoms with van der Waals surface area (Å²) in [5.74, 6) is -0.931. The summed E-state index contributed by atoms with van der Waals surface area (Å²) in [7, 11) is 2.16. The summed E-state index contributed by atoms with van der Waals surface area (Å²) in [6.07, 6.45) is 3.71. The molecule has 0 aliphatic carbocycles. The van der Waals surface area contributed by atoms with Gasteiger partial charge in [0.05, 0.1) is 6.54 Å². The highest BCUT2D eigenvalue weighted by atomic mass is 16.5. The number of carbonyl (C=O) groups is 3. The zero-order chi connectivity index (χ0) is 21.1. The lowest BCUT2D eigenvalue weighted by atomic mass is 10.2. The minimum absolute atomic E-state index is 0.0251. The van der Waals surface area contributed by atoms with Gasteiger partial charge in [-0.05, 0) is 39.3 Å². The van der Waals surface area contributed by atoms with Gasteiger partial charge < -0.3 is 20.6 Å². The third-order valence-corrected chi connectivity index (χ3v) is 5.70. The van der Waals surface area contributed by atoms with Gasteiger partial charge in [-0.3, -0.25) is 24.2 Å². The maximum atomic E-state index is 12.3. The molecule has 3 N–H and O–H groups in total. The van der Waals surface area contributed by atoms with E-state index in [2.05, 4.69) is 32.4 Å². The van der Waals surface area contributed by atoms with E-state index in [0.29, 0.717) is 44.9 Å². The van der Waals surface area contributed by atoms with Crippen molar-refractivity contribution in [2.45, 2.75) is 44.6 Å². The van der Waals surface area contributed by atoms with Crippen LogP contribution in [0.1, 0.15) is 38.5 Å². The lowest BCUT2D eigenvalue weighted by Gasteiger charge is -2.36. The third-order valence-electron chi connectivity index (χ3n) is 5.70. The second-order valence-corrected chi connectivity index (χ2v) is 8.17. The van der Waals surface area contributed by atoms with Gasteiger partial charge in [0.1, 0.15) is 0 Å². The van der Waals surface area contributed by atoms with E-state index in [9.17, 15) is 14.4 Å². The first-order valence-electron chi connectivity index (χ1n) is 10.8. The molecule has 1 atom stereocenters. The van der Waals surface area contributed by atoms with Gasteiger partial charge in [0.2, 0.25) is 11.8 Å².